The number of hydrogen-bond acceptors (Lipinski definition) is 3. The van der Waals surface area contributed by atoms with Crippen LogP contribution in [0.5, 0.6) is 0 Å². The molecule has 0 saturated carbocycles. The molecule has 0 spiro atoms. The molecule has 5 heteroatoms. The van der Waals surface area contributed by atoms with Crippen LogP contribution in [0, 0.1) is 6.92 Å². The Hall–Kier alpha value is -1.62. The predicted molar refractivity (Wildman–Crippen MR) is 75.9 cm³/mol. The Balaban J connectivity index is 1.97. The number of aryl methyl sites for hydroxylation is 1. The normalized spacial score (nSPS) is 10.3. The first-order valence-electron chi connectivity index (χ1n) is 5.69. The third-order valence-corrected chi connectivity index (χ3v) is 3.32. The molecule has 18 heavy (non-hydrogen) atoms. The van der Waals surface area contributed by atoms with Crippen LogP contribution < -0.4 is 10.9 Å². The van der Waals surface area contributed by atoms with Crippen LogP contribution in [0.3, 0.4) is 0 Å². The van der Waals surface area contributed by atoms with Gasteiger partial charge in [-0.2, -0.15) is 0 Å². The van der Waals surface area contributed by atoms with Gasteiger partial charge in [0.15, 0.2) is 0 Å². The van der Waals surface area contributed by atoms with Crippen LogP contribution in [0.25, 0.3) is 0 Å². The summed E-state index contributed by atoms with van der Waals surface area (Å²) >= 11 is 3.21. The topological polar surface area (TPSA) is 57.8 Å². The van der Waals surface area contributed by atoms with Crippen LogP contribution in [-0.4, -0.2) is 16.5 Å². The summed E-state index contributed by atoms with van der Waals surface area (Å²) in [6.45, 7) is 2.81. The molecule has 0 amide bonds. The lowest BCUT2D eigenvalue weighted by molar-refractivity contribution is 0.986. The Bertz CT molecular complexity index is 595. The van der Waals surface area contributed by atoms with Crippen molar-refractivity contribution in [1.82, 2.24) is 9.97 Å². The van der Waals surface area contributed by atoms with Crippen molar-refractivity contribution in [3.63, 3.8) is 0 Å². The summed E-state index contributed by atoms with van der Waals surface area (Å²) in [7, 11) is 0. The molecule has 1 aromatic heterocycles. The second-order valence-corrected chi connectivity index (χ2v) is 4.85. The molecule has 0 atom stereocenters. The number of rotatable bonds is 4. The largest absolute Gasteiger partial charge is 0.369 e. The summed E-state index contributed by atoms with van der Waals surface area (Å²) < 4.78 is 0.439. The monoisotopic (exact) mass is 307 g/mol. The Morgan fingerprint density at radius 3 is 3.06 bits per heavy atom. The van der Waals surface area contributed by atoms with Crippen molar-refractivity contribution in [1.29, 1.82) is 0 Å². The van der Waals surface area contributed by atoms with E-state index in [-0.39, 0.29) is 5.56 Å². The summed E-state index contributed by atoms with van der Waals surface area (Å²) in [5, 5.41) is 3.14. The first kappa shape index (κ1) is 12.8. The van der Waals surface area contributed by atoms with Crippen molar-refractivity contribution in [3.05, 3.63) is 56.5 Å². The quantitative estimate of drug-likeness (QED) is 0.912. The summed E-state index contributed by atoms with van der Waals surface area (Å²) in [6.07, 6.45) is 2.28. The van der Waals surface area contributed by atoms with Crippen molar-refractivity contribution >= 4 is 21.7 Å². The highest BCUT2D eigenvalue weighted by atomic mass is 79.9. The van der Waals surface area contributed by atoms with Gasteiger partial charge in [-0.1, -0.05) is 29.8 Å². The maximum absolute atomic E-state index is 11.3. The van der Waals surface area contributed by atoms with Gasteiger partial charge in [-0.3, -0.25) is 4.79 Å². The number of benzene rings is 1. The maximum atomic E-state index is 11.3. The van der Waals surface area contributed by atoms with E-state index in [1.54, 1.807) is 0 Å². The molecular formula is C13H14BrN3O. The van der Waals surface area contributed by atoms with Gasteiger partial charge in [-0.05, 0) is 34.8 Å². The minimum absolute atomic E-state index is 0.178. The molecule has 2 rings (SSSR count). The van der Waals surface area contributed by atoms with E-state index in [0.29, 0.717) is 10.3 Å². The molecular weight excluding hydrogens is 294 g/mol. The van der Waals surface area contributed by atoms with Gasteiger partial charge in [0.2, 0.25) is 0 Å². The third kappa shape index (κ3) is 3.20. The van der Waals surface area contributed by atoms with Crippen LogP contribution in [0.4, 0.5) is 5.82 Å². The standard InChI is InChI=1S/C13H14BrN3O/c1-9-3-2-4-10(7-9)5-6-15-12-11(14)13(18)17-8-16-12/h2-4,7-8H,5-6H2,1H3,(H2,15,16,17,18). The van der Waals surface area contributed by atoms with E-state index in [9.17, 15) is 4.79 Å². The number of hydrogen-bond donors (Lipinski definition) is 2. The second-order valence-electron chi connectivity index (χ2n) is 4.06. The lowest BCUT2D eigenvalue weighted by Crippen LogP contribution is -2.13. The van der Waals surface area contributed by atoms with Gasteiger partial charge in [-0.15, -0.1) is 0 Å². The maximum Gasteiger partial charge on any atom is 0.267 e. The van der Waals surface area contributed by atoms with Crippen LogP contribution in [-0.2, 0) is 6.42 Å². The van der Waals surface area contributed by atoms with Crippen LogP contribution in [0.15, 0.2) is 39.9 Å². The van der Waals surface area contributed by atoms with E-state index in [0.717, 1.165) is 13.0 Å². The van der Waals surface area contributed by atoms with E-state index < -0.39 is 0 Å². The average molecular weight is 308 g/mol. The van der Waals surface area contributed by atoms with E-state index >= 15 is 0 Å². The molecule has 0 radical (unpaired) electrons. The first-order valence-corrected chi connectivity index (χ1v) is 6.49. The molecule has 0 fully saturated rings. The van der Waals surface area contributed by atoms with Crippen LogP contribution >= 0.6 is 15.9 Å². The molecule has 4 nitrogen and oxygen atoms in total. The molecule has 2 N–H and O–H groups in total. The Labute approximate surface area is 114 Å². The Morgan fingerprint density at radius 2 is 2.28 bits per heavy atom. The summed E-state index contributed by atoms with van der Waals surface area (Å²) in [5.74, 6) is 0.575. The number of aromatic nitrogens is 2. The number of nitrogens with zero attached hydrogens (tertiary/aromatic N) is 1. The highest BCUT2D eigenvalue weighted by molar-refractivity contribution is 9.10. The zero-order valence-electron chi connectivity index (χ0n) is 10.0. The van der Waals surface area contributed by atoms with Gasteiger partial charge in [0, 0.05) is 6.54 Å². The SMILES string of the molecule is Cc1cccc(CCNc2nc[nH]c(=O)c2Br)c1. The summed E-state index contributed by atoms with van der Waals surface area (Å²) in [4.78, 5) is 17.9. The molecule has 1 aromatic carbocycles. The van der Waals surface area contributed by atoms with Gasteiger partial charge in [0.25, 0.3) is 5.56 Å². The van der Waals surface area contributed by atoms with Crippen LogP contribution in [0.1, 0.15) is 11.1 Å². The summed E-state index contributed by atoms with van der Waals surface area (Å²) in [6, 6.07) is 8.37. The number of H-pyrrole nitrogens is 1. The van der Waals surface area contributed by atoms with Crippen molar-refractivity contribution in [2.45, 2.75) is 13.3 Å². The van der Waals surface area contributed by atoms with E-state index in [1.807, 2.05) is 6.07 Å². The molecule has 2 aromatic rings. The molecule has 0 saturated heterocycles. The van der Waals surface area contributed by atoms with Crippen molar-refractivity contribution in [2.75, 3.05) is 11.9 Å². The minimum atomic E-state index is -0.178. The molecule has 94 valence electrons. The molecule has 0 aliphatic rings. The number of anilines is 1. The van der Waals surface area contributed by atoms with Gasteiger partial charge < -0.3 is 10.3 Å². The molecule has 0 aliphatic carbocycles. The zero-order valence-corrected chi connectivity index (χ0v) is 11.6. The number of nitrogens with one attached hydrogen (secondary N) is 2. The highest BCUT2D eigenvalue weighted by Crippen LogP contribution is 2.13. The highest BCUT2D eigenvalue weighted by Gasteiger charge is 2.03. The smallest absolute Gasteiger partial charge is 0.267 e. The van der Waals surface area contributed by atoms with Gasteiger partial charge in [0.05, 0.1) is 6.33 Å². The molecule has 0 aliphatic heterocycles. The van der Waals surface area contributed by atoms with Gasteiger partial charge in [0.1, 0.15) is 10.3 Å². The summed E-state index contributed by atoms with van der Waals surface area (Å²) in [5.41, 5.74) is 2.34. The van der Waals surface area contributed by atoms with Gasteiger partial charge >= 0.3 is 0 Å². The lowest BCUT2D eigenvalue weighted by Gasteiger charge is -2.07. The fourth-order valence-electron chi connectivity index (χ4n) is 1.70. The van der Waals surface area contributed by atoms with Crippen molar-refractivity contribution < 1.29 is 0 Å². The zero-order chi connectivity index (χ0) is 13.0. The number of aromatic amines is 1. The fraction of sp³-hybridized carbons (Fsp3) is 0.231. The lowest BCUT2D eigenvalue weighted by atomic mass is 10.1. The average Bonchev–Trinajstić information content (AvgIpc) is 2.35. The van der Waals surface area contributed by atoms with Gasteiger partial charge in [-0.25, -0.2) is 4.98 Å². The second kappa shape index (κ2) is 5.82. The number of halogens is 1. The third-order valence-electron chi connectivity index (χ3n) is 2.59. The molecule has 0 unspecified atom stereocenters. The van der Waals surface area contributed by atoms with Crippen molar-refractivity contribution in [2.24, 2.45) is 0 Å². The predicted octanol–water partition coefficient (Wildman–Crippen LogP) is 2.50. The first-order chi connectivity index (χ1) is 8.66. The fourth-order valence-corrected chi connectivity index (χ4v) is 2.06. The van der Waals surface area contributed by atoms with Crippen LogP contribution in [0.2, 0.25) is 0 Å². The van der Waals surface area contributed by atoms with E-state index in [1.165, 1.54) is 17.5 Å². The minimum Gasteiger partial charge on any atom is -0.369 e. The molecule has 1 heterocycles. The molecule has 0 bridgehead atoms. The van der Waals surface area contributed by atoms with E-state index in [2.05, 4.69) is 56.3 Å². The Kier molecular flexibility index (Phi) is 4.15. The Morgan fingerprint density at radius 1 is 1.44 bits per heavy atom. The van der Waals surface area contributed by atoms with Crippen molar-refractivity contribution in [3.8, 4) is 0 Å². The van der Waals surface area contributed by atoms with E-state index in [4.69, 9.17) is 0 Å².